The number of aromatic nitrogens is 11. The minimum absolute atomic E-state index is 0.0127. The van der Waals surface area contributed by atoms with E-state index in [1.54, 1.807) is 207 Å². The third kappa shape index (κ3) is 58.7. The molecule has 30 heteroatoms. The number of methoxy groups -OCH3 is 1. The van der Waals surface area contributed by atoms with Gasteiger partial charge in [0.25, 0.3) is 5.91 Å². The van der Waals surface area contributed by atoms with Crippen LogP contribution < -0.4 is 5.32 Å². The first kappa shape index (κ1) is 116. The van der Waals surface area contributed by atoms with Gasteiger partial charge in [-0.3, -0.25) is 74.0 Å². The molecule has 0 saturated heterocycles. The van der Waals surface area contributed by atoms with Crippen LogP contribution in [0.15, 0.2) is 380 Å². The van der Waals surface area contributed by atoms with Crippen LogP contribution in [0.25, 0.3) is 16.5 Å². The first-order valence-electron chi connectivity index (χ1n) is 42.9. The van der Waals surface area contributed by atoms with Gasteiger partial charge in [0, 0.05) is 185 Å². The van der Waals surface area contributed by atoms with Crippen molar-refractivity contribution in [2.75, 3.05) is 38.8 Å². The Balaban J connectivity index is 0.000000513. The average molecular weight is 1850 g/mol. The van der Waals surface area contributed by atoms with Crippen LogP contribution >= 0.6 is 0 Å². The molecule has 2 N–H and O–H groups in total. The molecule has 0 aliphatic carbocycles. The molecule has 2 amide bonds. The summed E-state index contributed by atoms with van der Waals surface area (Å²) in [6.45, 7) is 23.0. The molecule has 14 rings (SSSR count). The average Bonchev–Trinajstić information content (AvgIpc) is 0.823. The van der Waals surface area contributed by atoms with E-state index in [1.807, 2.05) is 159 Å². The molecule has 0 aliphatic heterocycles. The second kappa shape index (κ2) is 80.6. The van der Waals surface area contributed by atoms with E-state index in [0.29, 0.717) is 84.6 Å². The van der Waals surface area contributed by atoms with Gasteiger partial charge in [-0.1, -0.05) is 168 Å². The van der Waals surface area contributed by atoms with Gasteiger partial charge in [-0.25, -0.2) is 19.2 Å². The van der Waals surface area contributed by atoms with Crippen molar-refractivity contribution in [2.24, 2.45) is 0 Å². The summed E-state index contributed by atoms with van der Waals surface area (Å²) in [5.41, 5.74) is 11.0. The number of likely N-dealkylation sites (N-methyl/N-ethyl adjacent to an activating group) is 1. The summed E-state index contributed by atoms with van der Waals surface area (Å²) in [6.07, 6.45) is 48.8. The number of nitrogens with zero attached hydrogens (tertiary/aromatic N) is 13. The summed E-state index contributed by atoms with van der Waals surface area (Å²) in [5.74, 6) is -1.12. The molecule has 3 aromatic carbocycles. The topological polar surface area (TPSA) is 406 Å². The van der Waals surface area contributed by atoms with Gasteiger partial charge in [-0.15, -0.1) is 0 Å². The smallest absolute Gasteiger partial charge is 0.373 e. The third-order valence-corrected chi connectivity index (χ3v) is 17.1. The van der Waals surface area contributed by atoms with Crippen molar-refractivity contribution in [3.05, 3.63) is 453 Å². The van der Waals surface area contributed by atoms with E-state index >= 15 is 0 Å². The third-order valence-electron chi connectivity index (χ3n) is 17.1. The molecule has 137 heavy (non-hydrogen) atoms. The number of esters is 4. The summed E-state index contributed by atoms with van der Waals surface area (Å²) in [7, 11) is 1.39. The largest absolute Gasteiger partial charge is 0.469 e. The lowest BCUT2D eigenvalue weighted by Crippen LogP contribution is -2.30. The fourth-order valence-electron chi connectivity index (χ4n) is 10.1. The number of nitrogens with one attached hydrogen (secondary N) is 1. The van der Waals surface area contributed by atoms with E-state index in [2.05, 4.69) is 96.7 Å². The number of ether oxygens (including phenoxy) is 4. The monoisotopic (exact) mass is 1850 g/mol. The number of hydrogen-bond donors (Lipinski definition) is 2. The molecular formula is C107H112N14O16. The standard InChI is InChI=1S/C17H18N2O.C13H11NO2.C12H17NO2.C12H9NO.C10H13NO2.C9H11NO2.C8H11NO.C7H7N.C6H6N2O.C6H4N2.C5H5N.2CO2/c1-3-19(13-15-9-11-18-12-10-15)17(20)14(2)16-7-5-4-6-8-16;15-13(12-7-4-8-14-9-12)16-10-11-5-2-1-3-6-11;1-2-3-4-5-9-15-12(14)11-7-6-8-13-10-11;14-12(10-5-2-1-3-6-10)11-7-4-8-13-9-11;1-2-3-7-13-10(12)9-5-4-6-11-8-9;1-12-9(11)5-4-8-3-2-6-10-7-8;10-6-2-4-8-3-1-5-9-7-8;1-2-7-3-5-8-6-4-7;9-5-8-6-1-3-7-4-2-6;1-7-6-2-4-8-5-3-6;1-2-4-6-5-3-1;2*2-1-3/h4-12H,2-3,13H2,1H3;1-9H,10H2;6-8,10H,2-5,9H2,1H3;1-9H;4-6,8H,2-3,7H2,1H3;2-3,6-7H,4-5H2,1H3;1,3,5,7,10H,2,4,6H2;2-6H,1H2;1-5H,(H,7,8,9);2-5H;1-5H;;. The number of pyridine rings is 11. The van der Waals surface area contributed by atoms with Gasteiger partial charge in [0.15, 0.2) is 11.5 Å². The van der Waals surface area contributed by atoms with Crippen molar-refractivity contribution >= 4 is 77.3 Å². The summed E-state index contributed by atoms with van der Waals surface area (Å²) in [6, 6.07) is 70.0. The predicted molar refractivity (Wildman–Crippen MR) is 520 cm³/mol. The van der Waals surface area contributed by atoms with Crippen molar-refractivity contribution in [1.82, 2.24) is 59.7 Å². The Morgan fingerprint density at radius 1 is 0.416 bits per heavy atom. The first-order valence-corrected chi connectivity index (χ1v) is 42.9. The van der Waals surface area contributed by atoms with Gasteiger partial charge in [0.05, 0.1) is 43.6 Å². The summed E-state index contributed by atoms with van der Waals surface area (Å²) >= 11 is 0. The van der Waals surface area contributed by atoms with E-state index in [9.17, 15) is 33.6 Å². The van der Waals surface area contributed by atoms with Gasteiger partial charge in [0.2, 0.25) is 6.41 Å². The van der Waals surface area contributed by atoms with Gasteiger partial charge in [0.1, 0.15) is 6.61 Å². The Morgan fingerprint density at radius 3 is 1.19 bits per heavy atom. The SMILES string of the molecule is C=C(C(=O)N(CC)Cc1ccncc1)c1ccccc1.C=Cc1ccncc1.CCCCCCOC(=O)c1cccnc1.CCCCOC(=O)c1cccnc1.COC(=O)CCc1cccnc1.O=C(OCc1ccccc1)c1cccnc1.O=C(c1ccccc1)c1cccnc1.O=C=O.O=C=O.O=CNc1ccncc1.OCCCc1cccnc1.[C-]#[N+]c1ccncc1.c1ccncc1. The number of aryl methyl sites for hydroxylation is 2. The maximum Gasteiger partial charge on any atom is 0.373 e. The molecule has 0 spiro atoms. The number of aliphatic hydroxyl groups excluding tert-OH is 1. The number of aliphatic hydroxyl groups is 1. The molecule has 0 saturated carbocycles. The van der Waals surface area contributed by atoms with E-state index < -0.39 is 0 Å². The fourth-order valence-corrected chi connectivity index (χ4v) is 10.1. The number of rotatable bonds is 29. The van der Waals surface area contributed by atoms with E-state index in [0.717, 1.165) is 72.0 Å². The number of ketones is 1. The van der Waals surface area contributed by atoms with E-state index in [4.69, 9.17) is 45.1 Å². The number of amides is 2. The Bertz CT molecular complexity index is 5500. The molecule has 0 unspecified atom stereocenters. The van der Waals surface area contributed by atoms with E-state index in [1.165, 1.54) is 44.1 Å². The molecule has 14 aromatic rings. The van der Waals surface area contributed by atoms with Crippen molar-refractivity contribution in [2.45, 2.75) is 98.1 Å². The highest BCUT2D eigenvalue weighted by atomic mass is 16.5. The van der Waals surface area contributed by atoms with Crippen molar-refractivity contribution in [3.8, 4) is 0 Å². The van der Waals surface area contributed by atoms with Crippen LogP contribution in [0, 0.1) is 6.57 Å². The van der Waals surface area contributed by atoms with Crippen molar-refractivity contribution in [3.63, 3.8) is 0 Å². The van der Waals surface area contributed by atoms with Gasteiger partial charge in [-0.05, 0) is 194 Å². The Hall–Kier alpha value is -17.5. The number of carbonyl (C=O) groups excluding carboxylic acids is 11. The molecule has 11 aromatic heterocycles. The van der Waals surface area contributed by atoms with Crippen LogP contribution in [0.4, 0.5) is 11.4 Å². The lowest BCUT2D eigenvalue weighted by Gasteiger charge is -2.22. The minimum Gasteiger partial charge on any atom is -0.469 e. The molecule has 11 heterocycles. The van der Waals surface area contributed by atoms with Gasteiger partial charge < -0.3 is 34.3 Å². The highest BCUT2D eigenvalue weighted by molar-refractivity contribution is 6.18. The maximum absolute atomic E-state index is 12.5. The second-order valence-electron chi connectivity index (χ2n) is 27.0. The van der Waals surface area contributed by atoms with Crippen LogP contribution in [0.3, 0.4) is 0 Å². The molecule has 0 aliphatic rings. The number of anilines is 1. The molecular weight excluding hydrogens is 1740 g/mol. The lowest BCUT2D eigenvalue weighted by atomic mass is 10.1. The zero-order valence-electron chi connectivity index (χ0n) is 76.9. The maximum atomic E-state index is 12.5. The van der Waals surface area contributed by atoms with Gasteiger partial charge >= 0.3 is 36.2 Å². The van der Waals surface area contributed by atoms with E-state index in [-0.39, 0.29) is 61.1 Å². The number of benzene rings is 3. The van der Waals surface area contributed by atoms with Crippen LogP contribution in [-0.4, -0.2) is 153 Å². The van der Waals surface area contributed by atoms with Crippen molar-refractivity contribution in [1.29, 1.82) is 0 Å². The summed E-state index contributed by atoms with van der Waals surface area (Å²) in [5, 5.41) is 11.0. The zero-order valence-corrected chi connectivity index (χ0v) is 76.9. The predicted octanol–water partition coefficient (Wildman–Crippen LogP) is 18.9. The minimum atomic E-state index is -0.350. The van der Waals surface area contributed by atoms with Crippen LogP contribution in [0.2, 0.25) is 0 Å². The quantitative estimate of drug-likeness (QED) is 0.00836. The molecule has 0 fully saturated rings. The molecule has 0 radical (unpaired) electrons. The Labute approximate surface area is 799 Å². The number of carbonyl (C=O) groups is 7. The van der Waals surface area contributed by atoms with Crippen LogP contribution in [0.1, 0.15) is 153 Å². The van der Waals surface area contributed by atoms with Gasteiger partial charge in [-0.2, -0.15) is 19.2 Å². The summed E-state index contributed by atoms with van der Waals surface area (Å²) < 4.78 is 19.7. The molecule has 0 atom stereocenters. The first-order chi connectivity index (χ1) is 67.0. The fraction of sp³-hybridized carbons (Fsp3) is 0.187. The number of unbranched alkanes of at least 4 members (excludes halogenated alkanes) is 4. The molecule has 0 bridgehead atoms. The molecule has 706 valence electrons. The lowest BCUT2D eigenvalue weighted by molar-refractivity contribution is -0.193. The second-order valence-corrected chi connectivity index (χ2v) is 27.0. The van der Waals surface area contributed by atoms with Crippen molar-refractivity contribution < 1.29 is 76.8 Å². The highest BCUT2D eigenvalue weighted by Crippen LogP contribution is 2.18. The van der Waals surface area contributed by atoms with Crippen LogP contribution in [0.5, 0.6) is 0 Å². The number of hydrogen-bond acceptors (Lipinski definition) is 27. The Morgan fingerprint density at radius 2 is 0.803 bits per heavy atom. The van der Waals surface area contributed by atoms with Crippen LogP contribution in [-0.2, 0) is 78.5 Å². The molecule has 30 nitrogen and oxygen atoms in total. The summed E-state index contributed by atoms with van der Waals surface area (Å²) in [4.78, 5) is 159. The normalized spacial score (nSPS) is 9.11. The zero-order chi connectivity index (χ0) is 99.7. The Kier molecular flexibility index (Phi) is 67.9. The highest BCUT2D eigenvalue weighted by Gasteiger charge is 2.17.